The van der Waals surface area contributed by atoms with Gasteiger partial charge in [-0.15, -0.1) is 0 Å². The van der Waals surface area contributed by atoms with Gasteiger partial charge < -0.3 is 10.1 Å². The molecule has 0 aromatic heterocycles. The molecule has 0 radical (unpaired) electrons. The van der Waals surface area contributed by atoms with Crippen molar-refractivity contribution in [1.29, 1.82) is 0 Å². The van der Waals surface area contributed by atoms with E-state index in [0.717, 1.165) is 30.4 Å². The van der Waals surface area contributed by atoms with Crippen LogP contribution in [0.4, 0.5) is 0 Å². The topological polar surface area (TPSA) is 41.6 Å². The molecule has 1 aliphatic heterocycles. The van der Waals surface area contributed by atoms with E-state index in [4.69, 9.17) is 17.0 Å². The lowest BCUT2D eigenvalue weighted by atomic mass is 10.0. The zero-order valence-electron chi connectivity index (χ0n) is 15.7. The summed E-state index contributed by atoms with van der Waals surface area (Å²) in [5.41, 5.74) is 2.84. The molecule has 0 atom stereocenters. The molecule has 1 heterocycles. The van der Waals surface area contributed by atoms with Crippen LogP contribution < -0.4 is 5.32 Å². The van der Waals surface area contributed by atoms with Gasteiger partial charge in [0, 0.05) is 20.3 Å². The van der Waals surface area contributed by atoms with E-state index in [1.807, 2.05) is 24.3 Å². The van der Waals surface area contributed by atoms with Crippen molar-refractivity contribution in [2.24, 2.45) is 0 Å². The summed E-state index contributed by atoms with van der Waals surface area (Å²) in [7, 11) is 1.66. The predicted molar refractivity (Wildman–Crippen MR) is 111 cm³/mol. The molecule has 1 fully saturated rings. The molecule has 1 aromatic carbocycles. The number of nitrogens with zero attached hydrogens (tertiary/aromatic N) is 1. The Morgan fingerprint density at radius 1 is 1.23 bits per heavy atom. The number of amides is 1. The number of thiocarbonyl (C=S) groups is 1. The largest absolute Gasteiger partial charge is 0.385 e. The predicted octanol–water partition coefficient (Wildman–Crippen LogP) is 4.29. The minimum atomic E-state index is -0.0550. The van der Waals surface area contributed by atoms with E-state index in [1.54, 1.807) is 12.0 Å². The molecule has 1 amide bonds. The summed E-state index contributed by atoms with van der Waals surface area (Å²) in [6.07, 6.45) is 9.26. The van der Waals surface area contributed by atoms with E-state index in [0.29, 0.717) is 24.0 Å². The van der Waals surface area contributed by atoms with Crippen LogP contribution in [0.25, 0.3) is 6.08 Å². The summed E-state index contributed by atoms with van der Waals surface area (Å²) in [6.45, 7) is 3.38. The normalized spacial score (nSPS) is 16.5. The smallest absolute Gasteiger partial charge is 0.276 e. The van der Waals surface area contributed by atoms with Crippen LogP contribution in [0.2, 0.25) is 0 Å². The lowest BCUT2D eigenvalue weighted by Crippen LogP contribution is -2.32. The van der Waals surface area contributed by atoms with Gasteiger partial charge in [-0.25, -0.2) is 0 Å². The number of allylic oxidation sites excluding steroid dienone is 2. The minimum Gasteiger partial charge on any atom is -0.385 e. The number of carbonyl (C=O) groups is 1. The molecular weight excluding hydrogens is 344 g/mol. The molecule has 1 aromatic rings. The first-order valence-corrected chi connectivity index (χ1v) is 9.65. The maximum absolute atomic E-state index is 12.7. The van der Waals surface area contributed by atoms with Gasteiger partial charge in [0.1, 0.15) is 5.70 Å². The molecule has 1 saturated heterocycles. The molecular formula is C21H28N2O2S. The van der Waals surface area contributed by atoms with Crippen molar-refractivity contribution in [3.8, 4) is 0 Å². The highest BCUT2D eigenvalue weighted by molar-refractivity contribution is 7.80. The number of ether oxygens (including phenoxy) is 1. The van der Waals surface area contributed by atoms with Crippen LogP contribution in [0.3, 0.4) is 0 Å². The number of nitrogens with one attached hydrogen (secondary N) is 1. The quantitative estimate of drug-likeness (QED) is 0.378. The molecule has 0 bridgehead atoms. The van der Waals surface area contributed by atoms with Crippen molar-refractivity contribution < 1.29 is 9.53 Å². The molecule has 0 saturated carbocycles. The first kappa shape index (κ1) is 20.3. The average Bonchev–Trinajstić information content (AvgIpc) is 2.90. The number of carbonyl (C=O) groups excluding carboxylic acids is 1. The Morgan fingerprint density at radius 2 is 2.00 bits per heavy atom. The van der Waals surface area contributed by atoms with Gasteiger partial charge in [-0.2, -0.15) is 0 Å². The number of unbranched alkanes of at least 4 members (excludes halogenated alkanes) is 2. The van der Waals surface area contributed by atoms with E-state index in [2.05, 4.69) is 30.4 Å². The van der Waals surface area contributed by atoms with Crippen molar-refractivity contribution in [3.05, 3.63) is 53.2 Å². The minimum absolute atomic E-state index is 0.0550. The monoisotopic (exact) mass is 372 g/mol. The Bertz CT molecular complexity index is 668. The highest BCUT2D eigenvalue weighted by atomic mass is 32.1. The number of hydrogen-bond acceptors (Lipinski definition) is 3. The SMILES string of the molecule is CCCCCC(=C/c1ccccc1)/C=C1/NC(=S)N(CCCOC)C1=O. The third-order valence-electron chi connectivity index (χ3n) is 4.24. The van der Waals surface area contributed by atoms with E-state index in [1.165, 1.54) is 12.8 Å². The van der Waals surface area contributed by atoms with E-state index < -0.39 is 0 Å². The lowest BCUT2D eigenvalue weighted by Gasteiger charge is -2.13. The van der Waals surface area contributed by atoms with Gasteiger partial charge in [-0.05, 0) is 48.7 Å². The first-order valence-electron chi connectivity index (χ1n) is 9.24. The van der Waals surface area contributed by atoms with Gasteiger partial charge in [-0.1, -0.05) is 56.2 Å². The molecule has 0 aliphatic carbocycles. The van der Waals surface area contributed by atoms with Gasteiger partial charge in [-0.3, -0.25) is 9.69 Å². The molecule has 2 rings (SSSR count). The summed E-state index contributed by atoms with van der Waals surface area (Å²) in [4.78, 5) is 14.3. The summed E-state index contributed by atoms with van der Waals surface area (Å²) >= 11 is 5.33. The van der Waals surface area contributed by atoms with Crippen molar-refractivity contribution in [2.45, 2.75) is 39.0 Å². The maximum atomic E-state index is 12.7. The van der Waals surface area contributed by atoms with Crippen LogP contribution in [0.15, 0.2) is 47.7 Å². The third-order valence-corrected chi connectivity index (χ3v) is 4.57. The highest BCUT2D eigenvalue weighted by Crippen LogP contribution is 2.19. The van der Waals surface area contributed by atoms with E-state index >= 15 is 0 Å². The molecule has 1 aliphatic rings. The molecule has 1 N–H and O–H groups in total. The maximum Gasteiger partial charge on any atom is 0.276 e. The average molecular weight is 373 g/mol. The van der Waals surface area contributed by atoms with Crippen LogP contribution in [-0.4, -0.2) is 36.2 Å². The van der Waals surface area contributed by atoms with E-state index in [9.17, 15) is 4.79 Å². The van der Waals surface area contributed by atoms with Gasteiger partial charge >= 0.3 is 0 Å². The molecule has 4 nitrogen and oxygen atoms in total. The van der Waals surface area contributed by atoms with Gasteiger partial charge in [0.05, 0.1) is 0 Å². The summed E-state index contributed by atoms with van der Waals surface area (Å²) < 4.78 is 5.06. The Labute approximate surface area is 161 Å². The third kappa shape index (κ3) is 6.07. The number of rotatable bonds is 10. The molecule has 140 valence electrons. The van der Waals surface area contributed by atoms with Crippen LogP contribution in [0, 0.1) is 0 Å². The zero-order chi connectivity index (χ0) is 18.8. The number of hydrogen-bond donors (Lipinski definition) is 1. The van der Waals surface area contributed by atoms with E-state index in [-0.39, 0.29) is 5.91 Å². The summed E-state index contributed by atoms with van der Waals surface area (Å²) in [5, 5.41) is 3.55. The summed E-state index contributed by atoms with van der Waals surface area (Å²) in [6, 6.07) is 10.2. The summed E-state index contributed by atoms with van der Waals surface area (Å²) in [5.74, 6) is -0.0550. The Morgan fingerprint density at radius 3 is 2.69 bits per heavy atom. The zero-order valence-corrected chi connectivity index (χ0v) is 16.5. The van der Waals surface area contributed by atoms with Crippen LogP contribution >= 0.6 is 12.2 Å². The van der Waals surface area contributed by atoms with Gasteiger partial charge in [0.25, 0.3) is 5.91 Å². The molecule has 0 spiro atoms. The first-order chi connectivity index (χ1) is 12.7. The highest BCUT2D eigenvalue weighted by Gasteiger charge is 2.30. The fourth-order valence-electron chi connectivity index (χ4n) is 2.86. The Hall–Kier alpha value is -1.98. The van der Waals surface area contributed by atoms with Crippen LogP contribution in [0.5, 0.6) is 0 Å². The van der Waals surface area contributed by atoms with Gasteiger partial charge in [0.2, 0.25) is 0 Å². The Kier molecular flexibility index (Phi) is 8.51. The second-order valence-corrected chi connectivity index (χ2v) is 6.77. The van der Waals surface area contributed by atoms with Crippen molar-refractivity contribution in [2.75, 3.05) is 20.3 Å². The van der Waals surface area contributed by atoms with Gasteiger partial charge in [0.15, 0.2) is 5.11 Å². The fourth-order valence-corrected chi connectivity index (χ4v) is 3.14. The second-order valence-electron chi connectivity index (χ2n) is 6.38. The van der Waals surface area contributed by atoms with Crippen molar-refractivity contribution in [3.63, 3.8) is 0 Å². The van der Waals surface area contributed by atoms with Crippen molar-refractivity contribution >= 4 is 29.3 Å². The van der Waals surface area contributed by atoms with Crippen LogP contribution in [0.1, 0.15) is 44.6 Å². The molecule has 0 unspecified atom stereocenters. The van der Waals surface area contributed by atoms with Crippen molar-refractivity contribution in [1.82, 2.24) is 10.2 Å². The number of benzene rings is 1. The van der Waals surface area contributed by atoms with Crippen LogP contribution in [-0.2, 0) is 9.53 Å². The fraction of sp³-hybridized carbons (Fsp3) is 0.429. The molecule has 5 heteroatoms. The molecule has 26 heavy (non-hydrogen) atoms. The number of methoxy groups -OCH3 is 1. The lowest BCUT2D eigenvalue weighted by molar-refractivity contribution is -0.122. The standard InChI is InChI=1S/C21H28N2O2S/c1-3-4-6-12-18(15-17-10-7-5-8-11-17)16-19-20(24)23(21(26)22-19)13-9-14-25-2/h5,7-8,10-11,15-16H,3-4,6,9,12-14H2,1-2H3,(H,22,26)/b18-15-,19-16+. The Balaban J connectivity index is 2.16. The second kappa shape index (κ2) is 10.9.